The van der Waals surface area contributed by atoms with E-state index in [0.717, 1.165) is 21.7 Å². The van der Waals surface area contributed by atoms with Crippen molar-refractivity contribution in [3.05, 3.63) is 35.0 Å². The van der Waals surface area contributed by atoms with Crippen molar-refractivity contribution < 1.29 is 9.90 Å². The lowest BCUT2D eigenvalue weighted by Crippen LogP contribution is -2.03. The molecule has 0 fully saturated rings. The summed E-state index contributed by atoms with van der Waals surface area (Å²) in [6.07, 6.45) is 3.91. The molecule has 0 radical (unpaired) electrons. The average Bonchev–Trinajstić information content (AvgIpc) is 2.65. The highest BCUT2D eigenvalue weighted by Crippen LogP contribution is 2.27. The van der Waals surface area contributed by atoms with Gasteiger partial charge in [-0.25, -0.2) is 4.98 Å². The van der Waals surface area contributed by atoms with Crippen molar-refractivity contribution in [3.63, 3.8) is 0 Å². The summed E-state index contributed by atoms with van der Waals surface area (Å²) in [5, 5.41) is 8.70. The molecule has 0 amide bonds. The van der Waals surface area contributed by atoms with Gasteiger partial charge in [-0.3, -0.25) is 9.78 Å². The van der Waals surface area contributed by atoms with Crippen LogP contribution in [0.25, 0.3) is 11.3 Å². The molecule has 0 aliphatic heterocycles. The third-order valence-electron chi connectivity index (χ3n) is 2.62. The molecule has 0 saturated heterocycles. The monoisotopic (exact) mass is 309 g/mol. The highest BCUT2D eigenvalue weighted by molar-refractivity contribution is 9.10. The molecule has 2 rings (SSSR count). The van der Waals surface area contributed by atoms with Crippen LogP contribution in [-0.4, -0.2) is 25.6 Å². The minimum absolute atomic E-state index is 0.0732. The number of carboxylic acid groups (broad SMARTS) is 1. The maximum atomic E-state index is 10.6. The zero-order valence-electron chi connectivity index (χ0n) is 9.80. The minimum atomic E-state index is -0.822. The summed E-state index contributed by atoms with van der Waals surface area (Å²) in [6.45, 7) is 0. The number of imidazole rings is 1. The Bertz CT molecular complexity index is 566. The van der Waals surface area contributed by atoms with E-state index >= 15 is 0 Å². The molecule has 0 bridgehead atoms. The largest absolute Gasteiger partial charge is 0.481 e. The molecule has 2 aromatic rings. The predicted octanol–water partition coefficient (Wildman–Crippen LogP) is 2.26. The summed E-state index contributed by atoms with van der Waals surface area (Å²) in [5.41, 5.74) is 1.69. The summed E-state index contributed by atoms with van der Waals surface area (Å²) >= 11 is 3.47. The van der Waals surface area contributed by atoms with Gasteiger partial charge in [-0.05, 0) is 28.1 Å². The quantitative estimate of drug-likeness (QED) is 0.940. The Balaban J connectivity index is 2.33. The molecule has 0 saturated carbocycles. The first-order valence-electron chi connectivity index (χ1n) is 5.43. The van der Waals surface area contributed by atoms with Gasteiger partial charge in [0, 0.05) is 31.4 Å². The van der Waals surface area contributed by atoms with Gasteiger partial charge in [-0.2, -0.15) is 0 Å². The SMILES string of the molecule is Cn1c(CCC(=O)O)nc(-c2cccnc2)c1Br. The van der Waals surface area contributed by atoms with Crippen LogP contribution in [0.3, 0.4) is 0 Å². The second kappa shape index (κ2) is 5.30. The van der Waals surface area contributed by atoms with Gasteiger partial charge in [0.2, 0.25) is 0 Å². The fraction of sp³-hybridized carbons (Fsp3) is 0.250. The molecule has 5 nitrogen and oxygen atoms in total. The molecular formula is C12H12BrN3O2. The van der Waals surface area contributed by atoms with Crippen molar-refractivity contribution in [3.8, 4) is 11.3 Å². The molecule has 0 aliphatic carbocycles. The third-order valence-corrected chi connectivity index (χ3v) is 3.52. The summed E-state index contributed by atoms with van der Waals surface area (Å²) in [5.74, 6) is -0.0832. The zero-order chi connectivity index (χ0) is 13.1. The summed E-state index contributed by atoms with van der Waals surface area (Å²) in [6, 6.07) is 3.76. The number of aliphatic carboxylic acids is 1. The molecule has 6 heteroatoms. The number of aromatic nitrogens is 3. The van der Waals surface area contributed by atoms with E-state index in [1.165, 1.54) is 0 Å². The van der Waals surface area contributed by atoms with E-state index < -0.39 is 5.97 Å². The fourth-order valence-corrected chi connectivity index (χ4v) is 2.17. The number of pyridine rings is 1. The summed E-state index contributed by atoms with van der Waals surface area (Å²) in [4.78, 5) is 19.1. The average molecular weight is 310 g/mol. The van der Waals surface area contributed by atoms with E-state index in [4.69, 9.17) is 5.11 Å². The fourth-order valence-electron chi connectivity index (χ4n) is 1.65. The van der Waals surface area contributed by atoms with Crippen LogP contribution in [0.2, 0.25) is 0 Å². The molecule has 2 heterocycles. The van der Waals surface area contributed by atoms with Crippen molar-refractivity contribution >= 4 is 21.9 Å². The number of halogens is 1. The number of hydrogen-bond acceptors (Lipinski definition) is 3. The van der Waals surface area contributed by atoms with Crippen molar-refractivity contribution in [2.24, 2.45) is 7.05 Å². The van der Waals surface area contributed by atoms with Crippen molar-refractivity contribution in [2.45, 2.75) is 12.8 Å². The van der Waals surface area contributed by atoms with E-state index in [2.05, 4.69) is 25.9 Å². The Morgan fingerprint density at radius 1 is 1.56 bits per heavy atom. The molecule has 1 N–H and O–H groups in total. The van der Waals surface area contributed by atoms with E-state index in [1.807, 2.05) is 23.7 Å². The van der Waals surface area contributed by atoms with E-state index in [1.54, 1.807) is 12.4 Å². The second-order valence-corrected chi connectivity index (χ2v) is 4.61. The topological polar surface area (TPSA) is 68.0 Å². The Morgan fingerprint density at radius 2 is 2.33 bits per heavy atom. The van der Waals surface area contributed by atoms with E-state index in [0.29, 0.717) is 6.42 Å². The smallest absolute Gasteiger partial charge is 0.303 e. The summed E-state index contributed by atoms with van der Waals surface area (Å²) < 4.78 is 2.68. The molecule has 18 heavy (non-hydrogen) atoms. The van der Waals surface area contributed by atoms with E-state index in [-0.39, 0.29) is 6.42 Å². The van der Waals surface area contributed by atoms with Gasteiger partial charge in [-0.15, -0.1) is 0 Å². The van der Waals surface area contributed by atoms with Gasteiger partial charge in [0.15, 0.2) is 0 Å². The maximum absolute atomic E-state index is 10.6. The van der Waals surface area contributed by atoms with Crippen LogP contribution in [0.4, 0.5) is 0 Å². The summed E-state index contributed by atoms with van der Waals surface area (Å²) in [7, 11) is 1.86. The Hall–Kier alpha value is -1.69. The standard InChI is InChI=1S/C12H12BrN3O2/c1-16-9(4-5-10(17)18)15-11(12(16)13)8-3-2-6-14-7-8/h2-3,6-7H,4-5H2,1H3,(H,17,18). The van der Waals surface area contributed by atoms with Crippen LogP contribution in [0.15, 0.2) is 29.1 Å². The Labute approximate surface area is 113 Å². The normalized spacial score (nSPS) is 10.6. The van der Waals surface area contributed by atoms with Gasteiger partial charge in [0.1, 0.15) is 16.1 Å². The minimum Gasteiger partial charge on any atom is -0.481 e. The van der Waals surface area contributed by atoms with Crippen LogP contribution in [0.5, 0.6) is 0 Å². The van der Waals surface area contributed by atoms with Crippen molar-refractivity contribution in [1.29, 1.82) is 0 Å². The highest BCUT2D eigenvalue weighted by Gasteiger charge is 2.14. The van der Waals surface area contributed by atoms with Crippen molar-refractivity contribution in [2.75, 3.05) is 0 Å². The van der Waals surface area contributed by atoms with Crippen LogP contribution in [-0.2, 0) is 18.3 Å². The van der Waals surface area contributed by atoms with Gasteiger partial charge in [-0.1, -0.05) is 0 Å². The van der Waals surface area contributed by atoms with Gasteiger partial charge in [0.05, 0.1) is 6.42 Å². The molecule has 0 spiro atoms. The van der Waals surface area contributed by atoms with Crippen LogP contribution < -0.4 is 0 Å². The lowest BCUT2D eigenvalue weighted by molar-refractivity contribution is -0.137. The zero-order valence-corrected chi connectivity index (χ0v) is 11.4. The molecule has 0 aromatic carbocycles. The number of hydrogen-bond donors (Lipinski definition) is 1. The second-order valence-electron chi connectivity index (χ2n) is 3.86. The van der Waals surface area contributed by atoms with E-state index in [9.17, 15) is 4.79 Å². The number of carboxylic acids is 1. The van der Waals surface area contributed by atoms with Crippen LogP contribution >= 0.6 is 15.9 Å². The first kappa shape index (κ1) is 12.8. The molecule has 0 unspecified atom stereocenters. The number of rotatable bonds is 4. The molecule has 0 aliphatic rings. The highest BCUT2D eigenvalue weighted by atomic mass is 79.9. The first-order chi connectivity index (χ1) is 8.59. The maximum Gasteiger partial charge on any atom is 0.303 e. The predicted molar refractivity (Wildman–Crippen MR) is 70.1 cm³/mol. The Kier molecular flexibility index (Phi) is 3.76. The lowest BCUT2D eigenvalue weighted by Gasteiger charge is -1.99. The number of nitrogens with zero attached hydrogens (tertiary/aromatic N) is 3. The molecule has 2 aromatic heterocycles. The lowest BCUT2D eigenvalue weighted by atomic mass is 10.2. The number of carbonyl (C=O) groups is 1. The third kappa shape index (κ3) is 2.59. The van der Waals surface area contributed by atoms with Gasteiger partial charge < -0.3 is 9.67 Å². The first-order valence-corrected chi connectivity index (χ1v) is 6.22. The van der Waals surface area contributed by atoms with Crippen LogP contribution in [0, 0.1) is 0 Å². The molecular weight excluding hydrogens is 298 g/mol. The van der Waals surface area contributed by atoms with Crippen LogP contribution in [0.1, 0.15) is 12.2 Å². The van der Waals surface area contributed by atoms with Gasteiger partial charge in [0.25, 0.3) is 0 Å². The van der Waals surface area contributed by atoms with Crippen molar-refractivity contribution in [1.82, 2.24) is 14.5 Å². The Morgan fingerprint density at radius 3 is 2.94 bits per heavy atom. The number of aryl methyl sites for hydroxylation is 1. The molecule has 0 atom stereocenters. The molecule has 94 valence electrons. The van der Waals surface area contributed by atoms with Gasteiger partial charge >= 0.3 is 5.97 Å².